The van der Waals surface area contributed by atoms with E-state index < -0.39 is 0 Å². The lowest BCUT2D eigenvalue weighted by atomic mass is 10.2. The van der Waals surface area contributed by atoms with Gasteiger partial charge in [0.2, 0.25) is 0 Å². The lowest BCUT2D eigenvalue weighted by molar-refractivity contribution is 0.655. The van der Waals surface area contributed by atoms with Crippen LogP contribution in [-0.4, -0.2) is 25.5 Å². The van der Waals surface area contributed by atoms with Crippen LogP contribution in [-0.2, 0) is 0 Å². The Hall–Kier alpha value is -1.10. The van der Waals surface area contributed by atoms with Gasteiger partial charge in [-0.25, -0.2) is 0 Å². The molecule has 2 rings (SSSR count). The van der Waals surface area contributed by atoms with Gasteiger partial charge in [0.15, 0.2) is 0 Å². The molecular formula is C18H26N2P2. The Bertz CT molecular complexity index is 554. The first-order valence-electron chi connectivity index (χ1n) is 8.05. The summed E-state index contributed by atoms with van der Waals surface area (Å²) < 4.78 is 0. The molecule has 2 atom stereocenters. The summed E-state index contributed by atoms with van der Waals surface area (Å²) in [6, 6.07) is 8.76. The van der Waals surface area contributed by atoms with Gasteiger partial charge in [-0.2, -0.15) is 0 Å². The Labute approximate surface area is 137 Å². The van der Waals surface area contributed by atoms with Crippen molar-refractivity contribution in [3.05, 3.63) is 45.4 Å². The molecule has 0 bridgehead atoms. The van der Waals surface area contributed by atoms with Crippen LogP contribution in [0, 0.1) is 13.8 Å². The topological polar surface area (TPSA) is 24.7 Å². The highest BCUT2D eigenvalue weighted by molar-refractivity contribution is 7.33. The summed E-state index contributed by atoms with van der Waals surface area (Å²) in [5.41, 5.74) is 0. The van der Waals surface area contributed by atoms with Gasteiger partial charge in [0.05, 0.1) is 0 Å². The number of aryl methyl sites for hydroxylation is 2. The molecule has 118 valence electrons. The molecule has 2 heterocycles. The molecule has 0 N–H and O–H groups in total. The van der Waals surface area contributed by atoms with Gasteiger partial charge in [-0.1, -0.05) is 25.0 Å². The number of unbranched alkanes of at least 4 members (excludes halogenated alkanes) is 3. The molecule has 0 radical (unpaired) electrons. The zero-order chi connectivity index (χ0) is 15.6. The number of nitrogens with zero attached hydrogens (tertiary/aromatic N) is 2. The fourth-order valence-corrected chi connectivity index (χ4v) is 4.18. The molecule has 2 aromatic heterocycles. The largest absolute Gasteiger partial charge is 0.292 e. The van der Waals surface area contributed by atoms with Gasteiger partial charge in [0, 0.05) is 36.1 Å². The molecule has 0 saturated heterocycles. The van der Waals surface area contributed by atoms with Crippen molar-refractivity contribution in [2.24, 2.45) is 9.98 Å². The van der Waals surface area contributed by atoms with E-state index in [-0.39, 0.29) is 0 Å². The van der Waals surface area contributed by atoms with Gasteiger partial charge in [-0.05, 0) is 49.4 Å². The van der Waals surface area contributed by atoms with Crippen LogP contribution in [0.5, 0.6) is 0 Å². The second kappa shape index (κ2) is 9.82. The van der Waals surface area contributed by atoms with Crippen LogP contribution < -0.4 is 0 Å². The fraction of sp³-hybridized carbons (Fsp3) is 0.444. The number of rotatable bonds is 9. The van der Waals surface area contributed by atoms with E-state index >= 15 is 0 Å². The molecule has 22 heavy (non-hydrogen) atoms. The van der Waals surface area contributed by atoms with Crippen molar-refractivity contribution >= 4 is 28.8 Å². The Morgan fingerprint density at radius 2 is 1.18 bits per heavy atom. The van der Waals surface area contributed by atoms with E-state index in [1.807, 2.05) is 0 Å². The monoisotopic (exact) mass is 332 g/mol. The van der Waals surface area contributed by atoms with Crippen LogP contribution in [0.25, 0.3) is 0 Å². The molecule has 2 unspecified atom stereocenters. The van der Waals surface area contributed by atoms with Crippen molar-refractivity contribution in [1.82, 2.24) is 0 Å². The maximum absolute atomic E-state index is 4.52. The Balaban J connectivity index is 1.47. The van der Waals surface area contributed by atoms with Crippen LogP contribution >= 0.6 is 16.4 Å². The summed E-state index contributed by atoms with van der Waals surface area (Å²) >= 11 is 0. The molecular weight excluding hydrogens is 306 g/mol. The van der Waals surface area contributed by atoms with Crippen molar-refractivity contribution in [2.75, 3.05) is 13.1 Å². The van der Waals surface area contributed by atoms with E-state index in [0.717, 1.165) is 29.5 Å². The van der Waals surface area contributed by atoms with E-state index in [2.05, 4.69) is 60.5 Å². The molecule has 0 aliphatic heterocycles. The lowest BCUT2D eigenvalue weighted by Crippen LogP contribution is -1.87. The minimum atomic E-state index is 0.835. The third kappa shape index (κ3) is 6.77. The SMILES string of the molecule is Cc1ccc(C=NCCCCCCN=Cc2ccc(C)[pH]2)[pH]1. The zero-order valence-corrected chi connectivity index (χ0v) is 15.6. The second-order valence-corrected chi connectivity index (χ2v) is 8.91. The van der Waals surface area contributed by atoms with Gasteiger partial charge in [0.1, 0.15) is 0 Å². The highest BCUT2D eigenvalue weighted by Gasteiger charge is 1.92. The summed E-state index contributed by atoms with van der Waals surface area (Å²) in [5.74, 6) is 0. The molecule has 0 aromatic carbocycles. The standard InChI is InChI=1S/C18H26N2P2/c1-15-7-9-17(21-15)13-19-11-5-3-4-6-12-20-14-18-10-8-16(2)22-18/h7-10,13-14,21-22H,3-6,11-12H2,1-2H3. The predicted molar refractivity (Wildman–Crippen MR) is 105 cm³/mol. The molecule has 0 saturated carbocycles. The number of hydrogen-bond donors (Lipinski definition) is 0. The minimum absolute atomic E-state index is 0.835. The molecule has 2 aromatic rings. The van der Waals surface area contributed by atoms with Gasteiger partial charge >= 0.3 is 0 Å². The zero-order valence-electron chi connectivity index (χ0n) is 13.6. The van der Waals surface area contributed by atoms with Crippen LogP contribution in [0.1, 0.15) is 46.9 Å². The average Bonchev–Trinajstić information content (AvgIpc) is 3.09. The van der Waals surface area contributed by atoms with E-state index in [1.54, 1.807) is 0 Å². The summed E-state index contributed by atoms with van der Waals surface area (Å²) in [5, 5.41) is 5.67. The van der Waals surface area contributed by atoms with Crippen molar-refractivity contribution in [1.29, 1.82) is 0 Å². The first-order valence-corrected chi connectivity index (χ1v) is 10.0. The van der Waals surface area contributed by atoms with Crippen LogP contribution in [0.2, 0.25) is 0 Å². The Morgan fingerprint density at radius 3 is 1.55 bits per heavy atom. The van der Waals surface area contributed by atoms with Crippen LogP contribution in [0.3, 0.4) is 0 Å². The maximum Gasteiger partial charge on any atom is 0.0389 e. The molecule has 0 aliphatic rings. The highest BCUT2D eigenvalue weighted by Crippen LogP contribution is 2.19. The second-order valence-electron chi connectivity index (χ2n) is 5.68. The van der Waals surface area contributed by atoms with Gasteiger partial charge in [-0.15, -0.1) is 16.4 Å². The quantitative estimate of drug-likeness (QED) is 0.430. The third-order valence-corrected chi connectivity index (χ3v) is 5.78. The predicted octanol–water partition coefficient (Wildman–Crippen LogP) is 5.46. The smallest absolute Gasteiger partial charge is 0.0389 e. The third-order valence-electron chi connectivity index (χ3n) is 3.49. The van der Waals surface area contributed by atoms with Crippen molar-refractivity contribution < 1.29 is 0 Å². The first-order chi connectivity index (χ1) is 10.7. The molecule has 0 aliphatic carbocycles. The van der Waals surface area contributed by atoms with E-state index in [1.165, 1.54) is 46.9 Å². The summed E-state index contributed by atoms with van der Waals surface area (Å²) in [6.07, 6.45) is 9.02. The first kappa shape index (κ1) is 17.3. The normalized spacial score (nSPS) is 12.6. The van der Waals surface area contributed by atoms with Crippen LogP contribution in [0.15, 0.2) is 34.3 Å². The highest BCUT2D eigenvalue weighted by atomic mass is 31.0. The molecule has 0 spiro atoms. The number of aliphatic imine (C=N–C) groups is 2. The van der Waals surface area contributed by atoms with Crippen molar-refractivity contribution in [3.63, 3.8) is 0 Å². The van der Waals surface area contributed by atoms with Crippen molar-refractivity contribution in [3.8, 4) is 0 Å². The molecule has 2 nitrogen and oxygen atoms in total. The molecule has 0 fully saturated rings. The van der Waals surface area contributed by atoms with E-state index in [4.69, 9.17) is 0 Å². The van der Waals surface area contributed by atoms with E-state index in [9.17, 15) is 0 Å². The maximum atomic E-state index is 4.52. The minimum Gasteiger partial charge on any atom is -0.292 e. The van der Waals surface area contributed by atoms with Crippen LogP contribution in [0.4, 0.5) is 0 Å². The van der Waals surface area contributed by atoms with Gasteiger partial charge < -0.3 is 0 Å². The van der Waals surface area contributed by atoms with E-state index in [0.29, 0.717) is 0 Å². The van der Waals surface area contributed by atoms with Gasteiger partial charge in [-0.3, -0.25) is 9.98 Å². The summed E-state index contributed by atoms with van der Waals surface area (Å²) in [7, 11) is 1.67. The Kier molecular flexibility index (Phi) is 7.71. The van der Waals surface area contributed by atoms with Crippen molar-refractivity contribution in [2.45, 2.75) is 39.5 Å². The Morgan fingerprint density at radius 1 is 0.727 bits per heavy atom. The average molecular weight is 332 g/mol. The molecule has 4 heteroatoms. The fourth-order valence-electron chi connectivity index (χ4n) is 2.29. The summed E-state index contributed by atoms with van der Waals surface area (Å²) in [4.78, 5) is 9.04. The lowest BCUT2D eigenvalue weighted by Gasteiger charge is -1.97. The summed E-state index contributed by atoms with van der Waals surface area (Å²) in [6.45, 7) is 6.28. The molecule has 0 amide bonds. The number of hydrogen-bond acceptors (Lipinski definition) is 2. The van der Waals surface area contributed by atoms with Gasteiger partial charge in [0.25, 0.3) is 0 Å².